The zero-order chi connectivity index (χ0) is 13.1. The van der Waals surface area contributed by atoms with Gasteiger partial charge in [0.2, 0.25) is 0 Å². The Morgan fingerprint density at radius 1 is 1.47 bits per heavy atom. The molecule has 1 saturated heterocycles. The van der Waals surface area contributed by atoms with Crippen LogP contribution in [-0.2, 0) is 9.53 Å². The van der Waals surface area contributed by atoms with Crippen LogP contribution in [0.2, 0.25) is 0 Å². The summed E-state index contributed by atoms with van der Waals surface area (Å²) in [4.78, 5) is 12.1. The highest BCUT2D eigenvalue weighted by atomic mass is 19.4. The maximum atomic E-state index is 12.4. The molecule has 1 rings (SSSR count). The average molecular weight is 255 g/mol. The first kappa shape index (κ1) is 14.2. The predicted octanol–water partition coefficient (Wildman–Crippen LogP) is 1.36. The number of hydrogen-bond acceptors (Lipinski definition) is 3. The van der Waals surface area contributed by atoms with E-state index in [2.05, 4.69) is 0 Å². The summed E-state index contributed by atoms with van der Waals surface area (Å²) >= 11 is 0. The number of ether oxygens (including phenoxy) is 1. The van der Waals surface area contributed by atoms with Crippen molar-refractivity contribution in [3.63, 3.8) is 0 Å². The first-order valence-corrected chi connectivity index (χ1v) is 5.39. The molecule has 0 radical (unpaired) electrons. The number of carboxylic acids is 1. The van der Waals surface area contributed by atoms with Crippen molar-refractivity contribution in [3.05, 3.63) is 0 Å². The van der Waals surface area contributed by atoms with Gasteiger partial charge >= 0.3 is 12.1 Å². The van der Waals surface area contributed by atoms with Crippen molar-refractivity contribution in [2.24, 2.45) is 5.92 Å². The van der Waals surface area contributed by atoms with E-state index < -0.39 is 24.6 Å². The Morgan fingerprint density at radius 3 is 2.35 bits per heavy atom. The van der Waals surface area contributed by atoms with Crippen LogP contribution < -0.4 is 0 Å². The maximum Gasteiger partial charge on any atom is 0.403 e. The topological polar surface area (TPSA) is 49.8 Å². The van der Waals surface area contributed by atoms with Gasteiger partial charge in [0.15, 0.2) is 5.92 Å². The highest BCUT2D eigenvalue weighted by Gasteiger charge is 2.46. The van der Waals surface area contributed by atoms with Gasteiger partial charge in [-0.1, -0.05) is 0 Å². The lowest BCUT2D eigenvalue weighted by Gasteiger charge is -2.33. The Morgan fingerprint density at radius 2 is 2.00 bits per heavy atom. The van der Waals surface area contributed by atoms with E-state index in [1.54, 1.807) is 7.11 Å². The third-order valence-corrected chi connectivity index (χ3v) is 3.00. The fourth-order valence-electron chi connectivity index (χ4n) is 1.91. The summed E-state index contributed by atoms with van der Waals surface area (Å²) in [5.74, 6) is -4.12. The van der Waals surface area contributed by atoms with Crippen LogP contribution in [0, 0.1) is 5.92 Å². The smallest absolute Gasteiger partial charge is 0.403 e. The van der Waals surface area contributed by atoms with Gasteiger partial charge in [-0.2, -0.15) is 13.2 Å². The maximum absolute atomic E-state index is 12.4. The summed E-state index contributed by atoms with van der Waals surface area (Å²) in [5, 5.41) is 8.57. The number of halogens is 3. The Bertz CT molecular complexity index is 262. The molecule has 1 atom stereocenters. The number of methoxy groups -OCH3 is 1. The van der Waals surface area contributed by atoms with Gasteiger partial charge in [-0.05, 0) is 12.8 Å². The Balaban J connectivity index is 2.50. The van der Waals surface area contributed by atoms with Crippen LogP contribution in [0.1, 0.15) is 12.8 Å². The van der Waals surface area contributed by atoms with Crippen molar-refractivity contribution >= 4 is 5.97 Å². The second-order valence-corrected chi connectivity index (χ2v) is 4.17. The number of piperidine rings is 1. The van der Waals surface area contributed by atoms with Crippen molar-refractivity contribution in [1.82, 2.24) is 4.90 Å². The standard InChI is InChI=1S/C10H16F3NO3/c1-17-7-2-4-14(5-3-7)6-8(9(15)16)10(11,12)13/h7-8H,2-6H2,1H3,(H,15,16). The largest absolute Gasteiger partial charge is 0.481 e. The monoisotopic (exact) mass is 255 g/mol. The molecule has 0 aromatic rings. The van der Waals surface area contributed by atoms with E-state index in [1.807, 2.05) is 0 Å². The molecule has 0 amide bonds. The minimum Gasteiger partial charge on any atom is -0.481 e. The van der Waals surface area contributed by atoms with Crippen LogP contribution >= 0.6 is 0 Å². The van der Waals surface area contributed by atoms with E-state index in [-0.39, 0.29) is 6.10 Å². The lowest BCUT2D eigenvalue weighted by molar-refractivity contribution is -0.197. The van der Waals surface area contributed by atoms with Crippen LogP contribution in [0.4, 0.5) is 13.2 Å². The third kappa shape index (κ3) is 4.16. The molecular weight excluding hydrogens is 239 g/mol. The minimum atomic E-state index is -4.69. The molecule has 1 fully saturated rings. The van der Waals surface area contributed by atoms with Crippen molar-refractivity contribution in [3.8, 4) is 0 Å². The van der Waals surface area contributed by atoms with E-state index in [0.29, 0.717) is 25.9 Å². The first-order chi connectivity index (χ1) is 7.84. The first-order valence-electron chi connectivity index (χ1n) is 5.39. The molecule has 17 heavy (non-hydrogen) atoms. The number of carboxylic acid groups (broad SMARTS) is 1. The van der Waals surface area contributed by atoms with Crippen molar-refractivity contribution in [2.45, 2.75) is 25.1 Å². The van der Waals surface area contributed by atoms with E-state index >= 15 is 0 Å². The normalized spacial score (nSPS) is 21.4. The van der Waals surface area contributed by atoms with Gasteiger partial charge in [-0.3, -0.25) is 4.79 Å². The third-order valence-electron chi connectivity index (χ3n) is 3.00. The summed E-state index contributed by atoms with van der Waals surface area (Å²) in [6.07, 6.45) is -3.34. The molecular formula is C10H16F3NO3. The number of carbonyl (C=O) groups is 1. The summed E-state index contributed by atoms with van der Waals surface area (Å²) < 4.78 is 42.4. The van der Waals surface area contributed by atoms with Gasteiger partial charge in [0.05, 0.1) is 6.10 Å². The Hall–Kier alpha value is -0.820. The number of hydrogen-bond donors (Lipinski definition) is 1. The average Bonchev–Trinajstić information content (AvgIpc) is 2.24. The predicted molar refractivity (Wildman–Crippen MR) is 53.7 cm³/mol. The molecule has 1 aliphatic rings. The molecule has 0 saturated carbocycles. The molecule has 100 valence electrons. The van der Waals surface area contributed by atoms with Gasteiger partial charge in [0.1, 0.15) is 0 Å². The van der Waals surface area contributed by atoms with Crippen molar-refractivity contribution < 1.29 is 27.8 Å². The zero-order valence-electron chi connectivity index (χ0n) is 9.54. The second-order valence-electron chi connectivity index (χ2n) is 4.17. The summed E-state index contributed by atoms with van der Waals surface area (Å²) in [6, 6.07) is 0. The summed E-state index contributed by atoms with van der Waals surface area (Å²) in [5.41, 5.74) is 0. The molecule has 0 aromatic heterocycles. The quantitative estimate of drug-likeness (QED) is 0.824. The van der Waals surface area contributed by atoms with Gasteiger partial charge in [0.25, 0.3) is 0 Å². The number of likely N-dealkylation sites (tertiary alicyclic amines) is 1. The molecule has 0 aromatic carbocycles. The number of nitrogens with zero attached hydrogens (tertiary/aromatic N) is 1. The van der Waals surface area contributed by atoms with E-state index in [0.717, 1.165) is 0 Å². The highest BCUT2D eigenvalue weighted by Crippen LogP contribution is 2.28. The van der Waals surface area contributed by atoms with E-state index in [9.17, 15) is 18.0 Å². The van der Waals surface area contributed by atoms with Gasteiger partial charge < -0.3 is 14.7 Å². The lowest BCUT2D eigenvalue weighted by Crippen LogP contribution is -2.45. The molecule has 0 bridgehead atoms. The van der Waals surface area contributed by atoms with E-state index in [4.69, 9.17) is 9.84 Å². The minimum absolute atomic E-state index is 0.0698. The Kier molecular flexibility index (Phi) is 4.76. The van der Waals surface area contributed by atoms with Crippen LogP contribution in [0.15, 0.2) is 0 Å². The van der Waals surface area contributed by atoms with Crippen LogP contribution in [0.25, 0.3) is 0 Å². The fraction of sp³-hybridized carbons (Fsp3) is 0.900. The molecule has 1 N–H and O–H groups in total. The highest BCUT2D eigenvalue weighted by molar-refractivity contribution is 5.71. The molecule has 0 aliphatic carbocycles. The fourth-order valence-corrected chi connectivity index (χ4v) is 1.91. The van der Waals surface area contributed by atoms with Crippen molar-refractivity contribution in [2.75, 3.05) is 26.7 Å². The van der Waals surface area contributed by atoms with Crippen LogP contribution in [-0.4, -0.2) is 55.0 Å². The van der Waals surface area contributed by atoms with Crippen LogP contribution in [0.3, 0.4) is 0 Å². The summed E-state index contributed by atoms with van der Waals surface area (Å²) in [7, 11) is 1.57. The van der Waals surface area contributed by atoms with Crippen molar-refractivity contribution in [1.29, 1.82) is 0 Å². The number of rotatable bonds is 4. The number of alkyl halides is 3. The van der Waals surface area contributed by atoms with Gasteiger partial charge in [-0.15, -0.1) is 0 Å². The SMILES string of the molecule is COC1CCN(CC(C(=O)O)C(F)(F)F)CC1. The molecule has 1 heterocycles. The molecule has 7 heteroatoms. The molecule has 1 aliphatic heterocycles. The number of aliphatic carboxylic acids is 1. The summed E-state index contributed by atoms with van der Waals surface area (Å²) in [6.45, 7) is 0.409. The molecule has 1 unspecified atom stereocenters. The molecule has 0 spiro atoms. The van der Waals surface area contributed by atoms with Gasteiger partial charge in [-0.25, -0.2) is 0 Å². The lowest BCUT2D eigenvalue weighted by atomic mass is 10.0. The molecule has 4 nitrogen and oxygen atoms in total. The van der Waals surface area contributed by atoms with E-state index in [1.165, 1.54) is 4.90 Å². The van der Waals surface area contributed by atoms with Gasteiger partial charge in [0, 0.05) is 26.7 Å². The van der Waals surface area contributed by atoms with Crippen LogP contribution in [0.5, 0.6) is 0 Å². The Labute approximate surface area is 97.3 Å². The zero-order valence-corrected chi connectivity index (χ0v) is 9.54. The second kappa shape index (κ2) is 5.68.